The number of likely N-dealkylation sites (tertiary alicyclic amines) is 1. The van der Waals surface area contributed by atoms with E-state index >= 15 is 0 Å². The molecule has 1 aromatic carbocycles. The molecule has 1 N–H and O–H groups in total. The van der Waals surface area contributed by atoms with Gasteiger partial charge in [0.25, 0.3) is 5.56 Å². The summed E-state index contributed by atoms with van der Waals surface area (Å²) in [5.41, 5.74) is 2.35. The van der Waals surface area contributed by atoms with Gasteiger partial charge in [-0.1, -0.05) is 23.7 Å². The molecule has 2 fully saturated rings. The molecule has 0 bridgehead atoms. The molecule has 7 heteroatoms. The highest BCUT2D eigenvalue weighted by Gasteiger charge is 2.19. The summed E-state index contributed by atoms with van der Waals surface area (Å²) in [6, 6.07) is 8.15. The molecule has 3 heterocycles. The summed E-state index contributed by atoms with van der Waals surface area (Å²) < 4.78 is 6.87. The predicted octanol–water partition coefficient (Wildman–Crippen LogP) is 3.53. The number of halogens is 1. The predicted molar refractivity (Wildman–Crippen MR) is 116 cm³/mol. The van der Waals surface area contributed by atoms with Gasteiger partial charge < -0.3 is 15.0 Å². The first-order valence-corrected chi connectivity index (χ1v) is 10.9. The quantitative estimate of drug-likeness (QED) is 0.807. The van der Waals surface area contributed by atoms with E-state index in [-0.39, 0.29) is 10.6 Å². The normalized spacial score (nSPS) is 21.2. The molecule has 6 nitrogen and oxygen atoms in total. The Morgan fingerprint density at radius 1 is 1.21 bits per heavy atom. The van der Waals surface area contributed by atoms with Crippen LogP contribution in [0.5, 0.6) is 0 Å². The average molecular weight is 417 g/mol. The number of nitrogens with zero attached hydrogens (tertiary/aromatic N) is 3. The van der Waals surface area contributed by atoms with Crippen molar-refractivity contribution in [3.8, 4) is 5.69 Å². The molecule has 1 atom stereocenters. The zero-order valence-corrected chi connectivity index (χ0v) is 17.7. The number of piperidine rings is 1. The van der Waals surface area contributed by atoms with E-state index in [4.69, 9.17) is 16.3 Å². The Bertz CT molecular complexity index is 869. The molecule has 2 aromatic rings. The fourth-order valence-electron chi connectivity index (χ4n) is 4.19. The molecular formula is C22H29ClN4O2. The van der Waals surface area contributed by atoms with E-state index in [0.29, 0.717) is 17.5 Å². The largest absolute Gasteiger partial charge is 0.382 e. The zero-order valence-electron chi connectivity index (χ0n) is 16.9. The van der Waals surface area contributed by atoms with Crippen molar-refractivity contribution in [3.05, 3.63) is 51.4 Å². The Hall–Kier alpha value is -1.89. The van der Waals surface area contributed by atoms with Gasteiger partial charge in [0.2, 0.25) is 0 Å². The fraction of sp³-hybridized carbons (Fsp3) is 0.545. The van der Waals surface area contributed by atoms with E-state index in [1.165, 1.54) is 23.1 Å². The van der Waals surface area contributed by atoms with Crippen LogP contribution in [0.4, 0.5) is 5.69 Å². The smallest absolute Gasteiger partial charge is 0.292 e. The van der Waals surface area contributed by atoms with E-state index in [2.05, 4.69) is 34.5 Å². The van der Waals surface area contributed by atoms with Gasteiger partial charge in [0, 0.05) is 13.2 Å². The van der Waals surface area contributed by atoms with Gasteiger partial charge in [-0.25, -0.2) is 0 Å². The van der Waals surface area contributed by atoms with E-state index in [1.54, 1.807) is 6.20 Å². The van der Waals surface area contributed by atoms with Gasteiger partial charge in [0.05, 0.1) is 24.2 Å². The van der Waals surface area contributed by atoms with Gasteiger partial charge in [-0.05, 0) is 75.4 Å². The standard InChI is InChI=1S/C22H29ClN4O2/c1-26-10-8-18(9-11-26)17-4-6-19(7-5-17)27-22(28)21(23)20(14-25-27)24-13-16-3-2-12-29-15-16/h4-7,14,16,18,24H,2-3,8-13,15H2,1H3/t16-/m0/s1. The first-order chi connectivity index (χ1) is 14.1. The zero-order chi connectivity index (χ0) is 20.2. The summed E-state index contributed by atoms with van der Waals surface area (Å²) in [4.78, 5) is 15.1. The lowest BCUT2D eigenvalue weighted by Gasteiger charge is -2.29. The number of hydrogen-bond donors (Lipinski definition) is 1. The molecule has 156 valence electrons. The SMILES string of the molecule is CN1CCC(c2ccc(-n3ncc(NC[C@@H]4CCCOC4)c(Cl)c3=O)cc2)CC1. The number of benzene rings is 1. The lowest BCUT2D eigenvalue weighted by molar-refractivity contribution is 0.0595. The fourth-order valence-corrected chi connectivity index (χ4v) is 4.39. The molecule has 0 radical (unpaired) electrons. The Labute approximate surface area is 176 Å². The van der Waals surface area contributed by atoms with Gasteiger partial charge in [-0.15, -0.1) is 0 Å². The van der Waals surface area contributed by atoms with Gasteiger partial charge >= 0.3 is 0 Å². The third-order valence-electron chi connectivity index (χ3n) is 6.08. The summed E-state index contributed by atoms with van der Waals surface area (Å²) >= 11 is 6.36. The van der Waals surface area contributed by atoms with Crippen molar-refractivity contribution in [1.82, 2.24) is 14.7 Å². The van der Waals surface area contributed by atoms with Crippen LogP contribution in [0.2, 0.25) is 5.02 Å². The molecule has 0 spiro atoms. The summed E-state index contributed by atoms with van der Waals surface area (Å²) in [5, 5.41) is 7.79. The van der Waals surface area contributed by atoms with Crippen molar-refractivity contribution < 1.29 is 4.74 Å². The van der Waals surface area contributed by atoms with Crippen LogP contribution in [0.1, 0.15) is 37.2 Å². The topological polar surface area (TPSA) is 59.4 Å². The van der Waals surface area contributed by atoms with Crippen LogP contribution < -0.4 is 10.9 Å². The van der Waals surface area contributed by atoms with Gasteiger partial charge in [0.15, 0.2) is 0 Å². The molecule has 2 aliphatic rings. The minimum Gasteiger partial charge on any atom is -0.382 e. The van der Waals surface area contributed by atoms with Gasteiger partial charge in [0.1, 0.15) is 5.02 Å². The number of nitrogens with one attached hydrogen (secondary N) is 1. The summed E-state index contributed by atoms with van der Waals surface area (Å²) in [5.74, 6) is 1.03. The number of anilines is 1. The van der Waals surface area contributed by atoms with Crippen LogP contribution in [-0.4, -0.2) is 54.6 Å². The van der Waals surface area contributed by atoms with Crippen LogP contribution in [0.15, 0.2) is 35.3 Å². The monoisotopic (exact) mass is 416 g/mol. The second-order valence-electron chi connectivity index (χ2n) is 8.22. The number of ether oxygens (including phenoxy) is 1. The molecule has 29 heavy (non-hydrogen) atoms. The molecule has 1 aromatic heterocycles. The molecule has 4 rings (SSSR count). The highest BCUT2D eigenvalue weighted by atomic mass is 35.5. The van der Waals surface area contributed by atoms with Crippen molar-refractivity contribution in [1.29, 1.82) is 0 Å². The number of rotatable bonds is 5. The van der Waals surface area contributed by atoms with Crippen LogP contribution in [0.25, 0.3) is 5.69 Å². The highest BCUT2D eigenvalue weighted by Crippen LogP contribution is 2.28. The van der Waals surface area contributed by atoms with Crippen LogP contribution in [-0.2, 0) is 4.74 Å². The lowest BCUT2D eigenvalue weighted by atomic mass is 9.89. The first kappa shape index (κ1) is 20.4. The average Bonchev–Trinajstić information content (AvgIpc) is 2.76. The Balaban J connectivity index is 1.45. The molecular weight excluding hydrogens is 388 g/mol. The van der Waals surface area contributed by atoms with Crippen LogP contribution >= 0.6 is 11.6 Å². The second-order valence-corrected chi connectivity index (χ2v) is 8.60. The second kappa shape index (κ2) is 9.28. The molecule has 2 saturated heterocycles. The third-order valence-corrected chi connectivity index (χ3v) is 6.45. The highest BCUT2D eigenvalue weighted by molar-refractivity contribution is 6.32. The van der Waals surface area contributed by atoms with Gasteiger partial charge in [-0.2, -0.15) is 9.78 Å². The molecule has 0 saturated carbocycles. The molecule has 0 aliphatic carbocycles. The van der Waals surface area contributed by atoms with Gasteiger partial charge in [-0.3, -0.25) is 4.79 Å². The van der Waals surface area contributed by atoms with E-state index < -0.39 is 0 Å². The third kappa shape index (κ3) is 4.82. The molecule has 0 unspecified atom stereocenters. The Morgan fingerprint density at radius 2 is 1.97 bits per heavy atom. The summed E-state index contributed by atoms with van der Waals surface area (Å²) in [7, 11) is 2.17. The maximum atomic E-state index is 12.8. The van der Waals surface area contributed by atoms with Crippen molar-refractivity contribution >= 4 is 17.3 Å². The maximum Gasteiger partial charge on any atom is 0.292 e. The van der Waals surface area contributed by atoms with E-state index in [0.717, 1.165) is 51.4 Å². The summed E-state index contributed by atoms with van der Waals surface area (Å²) in [6.45, 7) is 4.58. The number of hydrogen-bond acceptors (Lipinski definition) is 5. The number of aromatic nitrogens is 2. The first-order valence-electron chi connectivity index (χ1n) is 10.5. The lowest BCUT2D eigenvalue weighted by Crippen LogP contribution is -2.29. The Kier molecular flexibility index (Phi) is 6.53. The van der Waals surface area contributed by atoms with Crippen molar-refractivity contribution in [2.24, 2.45) is 5.92 Å². The molecule has 0 amide bonds. The Morgan fingerprint density at radius 3 is 2.66 bits per heavy atom. The van der Waals surface area contributed by atoms with Crippen LogP contribution in [0, 0.1) is 5.92 Å². The van der Waals surface area contributed by atoms with Crippen molar-refractivity contribution in [2.45, 2.75) is 31.6 Å². The maximum absolute atomic E-state index is 12.8. The summed E-state index contributed by atoms with van der Waals surface area (Å²) in [6.07, 6.45) is 6.18. The molecule has 2 aliphatic heterocycles. The minimum atomic E-state index is -0.302. The van der Waals surface area contributed by atoms with Crippen molar-refractivity contribution in [3.63, 3.8) is 0 Å². The van der Waals surface area contributed by atoms with E-state index in [9.17, 15) is 4.79 Å². The van der Waals surface area contributed by atoms with E-state index in [1.807, 2.05) is 12.1 Å². The van der Waals surface area contributed by atoms with Crippen LogP contribution in [0.3, 0.4) is 0 Å². The van der Waals surface area contributed by atoms with Crippen molar-refractivity contribution in [2.75, 3.05) is 45.2 Å². The minimum absolute atomic E-state index is 0.177.